The summed E-state index contributed by atoms with van der Waals surface area (Å²) in [6.45, 7) is 0. The molecule has 3 rings (SSSR count). The summed E-state index contributed by atoms with van der Waals surface area (Å²) in [5, 5.41) is 12.1. The first kappa shape index (κ1) is 13.0. The molecule has 0 saturated heterocycles. The summed E-state index contributed by atoms with van der Waals surface area (Å²) in [5.74, 6) is 0. The molecule has 1 aromatic heterocycles. The van der Waals surface area contributed by atoms with Gasteiger partial charge in [0.2, 0.25) is 0 Å². The molecule has 3 aromatic rings. The van der Waals surface area contributed by atoms with Gasteiger partial charge in [-0.2, -0.15) is 0 Å². The minimum atomic E-state index is -0.380. The summed E-state index contributed by atoms with van der Waals surface area (Å²) in [4.78, 5) is 15.2. The van der Waals surface area contributed by atoms with Gasteiger partial charge in [-0.3, -0.25) is 10.1 Å². The molecule has 0 spiro atoms. The van der Waals surface area contributed by atoms with Crippen LogP contribution in [0.1, 0.15) is 0 Å². The molecule has 0 bridgehead atoms. The highest BCUT2D eigenvalue weighted by Gasteiger charge is 2.15. The molecule has 1 heterocycles. The quantitative estimate of drug-likeness (QED) is 0.378. The molecule has 0 unspecified atom stereocenters. The molecule has 4 nitrogen and oxygen atoms in total. The third kappa shape index (κ3) is 2.36. The predicted octanol–water partition coefficient (Wildman–Crippen LogP) is 4.41. The number of para-hydroxylation sites is 1. The number of aromatic nitrogens is 1. The number of benzene rings is 2. The maximum Gasteiger partial charge on any atom is 0.278 e. The molecule has 98 valence electrons. The topological polar surface area (TPSA) is 56.0 Å². The molecule has 2 aromatic carbocycles. The average molecular weight is 376 g/mol. The van der Waals surface area contributed by atoms with Crippen molar-refractivity contribution in [3.63, 3.8) is 0 Å². The van der Waals surface area contributed by atoms with Gasteiger partial charge in [-0.1, -0.05) is 18.2 Å². The van der Waals surface area contributed by atoms with E-state index in [0.29, 0.717) is 11.3 Å². The maximum atomic E-state index is 11.1. The summed E-state index contributed by atoms with van der Waals surface area (Å²) >= 11 is 2.24. The Bertz CT molecular complexity index is 818. The Morgan fingerprint density at radius 3 is 2.65 bits per heavy atom. The monoisotopic (exact) mass is 376 g/mol. The van der Waals surface area contributed by atoms with E-state index in [1.165, 1.54) is 6.07 Å². The predicted molar refractivity (Wildman–Crippen MR) is 86.6 cm³/mol. The minimum absolute atomic E-state index is 0.0739. The first-order valence-electron chi connectivity index (χ1n) is 5.95. The average Bonchev–Trinajstić information content (AvgIpc) is 2.46. The highest BCUT2D eigenvalue weighted by atomic mass is 127. The molecular weight excluding hydrogens is 367 g/mol. The largest absolute Gasteiger partial charge is 0.278 e. The van der Waals surface area contributed by atoms with E-state index >= 15 is 0 Å². The molecular formula is C15H9IN2O2. The Hall–Kier alpha value is -2.02. The number of rotatable bonds is 2. The minimum Gasteiger partial charge on any atom is -0.258 e. The molecule has 0 aliphatic heterocycles. The van der Waals surface area contributed by atoms with Crippen LogP contribution in [0.5, 0.6) is 0 Å². The van der Waals surface area contributed by atoms with Crippen LogP contribution in [-0.2, 0) is 0 Å². The number of hydrogen-bond donors (Lipinski definition) is 0. The van der Waals surface area contributed by atoms with Crippen LogP contribution in [-0.4, -0.2) is 9.91 Å². The van der Waals surface area contributed by atoms with Crippen molar-refractivity contribution in [3.05, 3.63) is 68.3 Å². The summed E-state index contributed by atoms with van der Waals surface area (Å²) in [7, 11) is 0. The van der Waals surface area contributed by atoms with Crippen molar-refractivity contribution in [2.45, 2.75) is 0 Å². The molecule has 0 saturated carbocycles. The normalized spacial score (nSPS) is 10.7. The highest BCUT2D eigenvalue weighted by molar-refractivity contribution is 14.1. The molecule has 0 aliphatic rings. The van der Waals surface area contributed by atoms with Gasteiger partial charge in [-0.15, -0.1) is 0 Å². The van der Waals surface area contributed by atoms with E-state index in [4.69, 9.17) is 0 Å². The van der Waals surface area contributed by atoms with Crippen LogP contribution in [0.15, 0.2) is 54.6 Å². The number of pyridine rings is 1. The molecule has 0 atom stereocenters. The third-order valence-corrected chi connectivity index (χ3v) is 3.70. The van der Waals surface area contributed by atoms with Gasteiger partial charge in [0.25, 0.3) is 5.69 Å². The Kier molecular flexibility index (Phi) is 3.35. The SMILES string of the molecule is O=[N+]([O-])c1ccccc1-c1ccc2cc(I)ccc2n1. The first-order valence-corrected chi connectivity index (χ1v) is 7.03. The van der Waals surface area contributed by atoms with Crippen molar-refractivity contribution in [2.75, 3.05) is 0 Å². The fraction of sp³-hybridized carbons (Fsp3) is 0. The second-order valence-electron chi connectivity index (χ2n) is 4.31. The Morgan fingerprint density at radius 2 is 1.85 bits per heavy atom. The zero-order valence-corrected chi connectivity index (χ0v) is 12.4. The highest BCUT2D eigenvalue weighted by Crippen LogP contribution is 2.29. The van der Waals surface area contributed by atoms with Crippen molar-refractivity contribution in [3.8, 4) is 11.3 Å². The second-order valence-corrected chi connectivity index (χ2v) is 5.55. The number of halogens is 1. The summed E-state index contributed by atoms with van der Waals surface area (Å²) in [6.07, 6.45) is 0. The van der Waals surface area contributed by atoms with Gasteiger partial charge in [-0.25, -0.2) is 4.98 Å². The van der Waals surface area contributed by atoms with E-state index in [-0.39, 0.29) is 10.6 Å². The van der Waals surface area contributed by atoms with Gasteiger partial charge in [-0.05, 0) is 52.9 Å². The summed E-state index contributed by atoms with van der Waals surface area (Å²) in [6, 6.07) is 16.3. The van der Waals surface area contributed by atoms with E-state index in [2.05, 4.69) is 27.6 Å². The molecule has 0 amide bonds. The van der Waals surface area contributed by atoms with Crippen molar-refractivity contribution in [1.82, 2.24) is 4.98 Å². The molecule has 0 aliphatic carbocycles. The number of hydrogen-bond acceptors (Lipinski definition) is 3. The number of fused-ring (bicyclic) bond motifs is 1. The first-order chi connectivity index (χ1) is 9.65. The van der Waals surface area contributed by atoms with Crippen LogP contribution < -0.4 is 0 Å². The lowest BCUT2D eigenvalue weighted by Crippen LogP contribution is -1.93. The Balaban J connectivity index is 2.20. The van der Waals surface area contributed by atoms with Gasteiger partial charge < -0.3 is 0 Å². The molecule has 0 fully saturated rings. The second kappa shape index (κ2) is 5.16. The van der Waals surface area contributed by atoms with Gasteiger partial charge in [0.1, 0.15) is 0 Å². The molecule has 0 radical (unpaired) electrons. The number of nitro benzene ring substituents is 1. The summed E-state index contributed by atoms with van der Waals surface area (Å²) < 4.78 is 1.13. The fourth-order valence-corrected chi connectivity index (χ4v) is 2.61. The fourth-order valence-electron chi connectivity index (χ4n) is 2.10. The third-order valence-electron chi connectivity index (χ3n) is 3.03. The van der Waals surface area contributed by atoms with E-state index in [9.17, 15) is 10.1 Å². The van der Waals surface area contributed by atoms with Crippen LogP contribution in [0.2, 0.25) is 0 Å². The van der Waals surface area contributed by atoms with Crippen molar-refractivity contribution in [2.24, 2.45) is 0 Å². The zero-order chi connectivity index (χ0) is 14.1. The van der Waals surface area contributed by atoms with Crippen LogP contribution in [0, 0.1) is 13.7 Å². The summed E-state index contributed by atoms with van der Waals surface area (Å²) in [5.41, 5.74) is 2.06. The standard InChI is InChI=1S/C15H9IN2O2/c16-11-6-8-13-10(9-11)5-7-14(17-13)12-3-1-2-4-15(12)18(19)20/h1-9H. The van der Waals surface area contributed by atoms with E-state index in [0.717, 1.165) is 14.5 Å². The molecule has 20 heavy (non-hydrogen) atoms. The van der Waals surface area contributed by atoms with Crippen LogP contribution in [0.3, 0.4) is 0 Å². The maximum absolute atomic E-state index is 11.1. The van der Waals surface area contributed by atoms with E-state index in [1.807, 2.05) is 30.3 Å². The van der Waals surface area contributed by atoms with Crippen molar-refractivity contribution >= 4 is 39.2 Å². The lowest BCUT2D eigenvalue weighted by Gasteiger charge is -2.04. The van der Waals surface area contributed by atoms with Crippen molar-refractivity contribution in [1.29, 1.82) is 0 Å². The number of nitrogens with zero attached hydrogens (tertiary/aromatic N) is 2. The Morgan fingerprint density at radius 1 is 1.05 bits per heavy atom. The lowest BCUT2D eigenvalue weighted by molar-refractivity contribution is -0.384. The van der Waals surface area contributed by atoms with Gasteiger partial charge in [0.05, 0.1) is 21.7 Å². The smallest absolute Gasteiger partial charge is 0.258 e. The van der Waals surface area contributed by atoms with Gasteiger partial charge in [0, 0.05) is 15.0 Å². The molecule has 0 N–H and O–H groups in total. The lowest BCUT2D eigenvalue weighted by atomic mass is 10.1. The van der Waals surface area contributed by atoms with Crippen molar-refractivity contribution < 1.29 is 4.92 Å². The van der Waals surface area contributed by atoms with Gasteiger partial charge >= 0.3 is 0 Å². The van der Waals surface area contributed by atoms with Crippen LogP contribution in [0.4, 0.5) is 5.69 Å². The van der Waals surface area contributed by atoms with Gasteiger partial charge in [0.15, 0.2) is 0 Å². The zero-order valence-electron chi connectivity index (χ0n) is 10.3. The Labute approximate surface area is 128 Å². The van der Waals surface area contributed by atoms with E-state index < -0.39 is 0 Å². The molecule has 5 heteroatoms. The number of nitro groups is 1. The van der Waals surface area contributed by atoms with E-state index in [1.54, 1.807) is 18.2 Å². The van der Waals surface area contributed by atoms with Crippen LogP contribution in [0.25, 0.3) is 22.2 Å². The van der Waals surface area contributed by atoms with Crippen LogP contribution >= 0.6 is 22.6 Å².